The van der Waals surface area contributed by atoms with Gasteiger partial charge in [-0.15, -0.1) is 0 Å². The molecule has 0 atom stereocenters. The molecular formula is C8H5CuF4. The van der Waals surface area contributed by atoms with Crippen LogP contribution in [0.5, 0.6) is 0 Å². The van der Waals surface area contributed by atoms with E-state index >= 15 is 0 Å². The van der Waals surface area contributed by atoms with E-state index in [-0.39, 0.29) is 17.1 Å². The first-order valence-corrected chi connectivity index (χ1v) is 3.17. The van der Waals surface area contributed by atoms with E-state index in [0.29, 0.717) is 0 Å². The summed E-state index contributed by atoms with van der Waals surface area (Å²) in [5.74, 6) is -4.12. The Labute approximate surface area is 83.4 Å². The van der Waals surface area contributed by atoms with Crippen molar-refractivity contribution in [3.8, 4) is 0 Å². The van der Waals surface area contributed by atoms with Crippen molar-refractivity contribution >= 4 is 0 Å². The Balaban J connectivity index is 0.00000144. The maximum absolute atomic E-state index is 12.5. The van der Waals surface area contributed by atoms with E-state index < -0.39 is 17.9 Å². The molecule has 1 rings (SSSR count). The van der Waals surface area contributed by atoms with Gasteiger partial charge in [0.25, 0.3) is 0 Å². The molecule has 0 aliphatic rings. The zero-order chi connectivity index (χ0) is 9.19. The monoisotopic (exact) mass is 240 g/mol. The summed E-state index contributed by atoms with van der Waals surface area (Å²) in [6, 6.07) is 5.96. The Morgan fingerprint density at radius 3 is 1.85 bits per heavy atom. The third kappa shape index (κ3) is 2.71. The second-order valence-electron chi connectivity index (χ2n) is 2.20. The van der Waals surface area contributed by atoms with E-state index in [9.17, 15) is 17.6 Å². The van der Waals surface area contributed by atoms with Crippen LogP contribution < -0.4 is 0 Å². The van der Waals surface area contributed by atoms with Crippen LogP contribution in [0.15, 0.2) is 30.3 Å². The van der Waals surface area contributed by atoms with Crippen molar-refractivity contribution in [2.75, 3.05) is 0 Å². The summed E-state index contributed by atoms with van der Waals surface area (Å²) in [6.45, 7) is 0. The van der Waals surface area contributed by atoms with E-state index in [4.69, 9.17) is 0 Å². The van der Waals surface area contributed by atoms with Crippen LogP contribution in [0.2, 0.25) is 0 Å². The van der Waals surface area contributed by atoms with E-state index in [1.165, 1.54) is 18.2 Å². The maximum atomic E-state index is 12.5. The molecule has 0 amide bonds. The molecule has 1 aromatic rings. The summed E-state index contributed by atoms with van der Waals surface area (Å²) < 4.78 is 48.3. The molecule has 0 aliphatic carbocycles. The minimum absolute atomic E-state index is 0. The minimum atomic E-state index is -4.12. The van der Waals surface area contributed by atoms with Crippen LogP contribution in [0.25, 0.3) is 0 Å². The van der Waals surface area contributed by atoms with Crippen LogP contribution in [0, 0.1) is 6.43 Å². The Kier molecular flexibility index (Phi) is 4.44. The summed E-state index contributed by atoms with van der Waals surface area (Å²) in [6.07, 6.45) is -2.88. The quantitative estimate of drug-likeness (QED) is 0.423. The molecule has 0 saturated carbocycles. The van der Waals surface area contributed by atoms with Gasteiger partial charge in [0.2, 0.25) is 5.92 Å². The van der Waals surface area contributed by atoms with E-state index in [0.717, 1.165) is 12.1 Å². The van der Waals surface area contributed by atoms with Gasteiger partial charge in [-0.1, -0.05) is 30.3 Å². The van der Waals surface area contributed by atoms with Crippen molar-refractivity contribution in [3.05, 3.63) is 42.3 Å². The zero-order valence-corrected chi connectivity index (χ0v) is 7.14. The van der Waals surface area contributed by atoms with Gasteiger partial charge in [0.15, 0.2) is 0 Å². The molecule has 0 unspecified atom stereocenters. The van der Waals surface area contributed by atoms with Crippen LogP contribution in [-0.4, -0.2) is 0 Å². The van der Waals surface area contributed by atoms with Crippen molar-refractivity contribution in [1.29, 1.82) is 0 Å². The fourth-order valence-electron chi connectivity index (χ4n) is 0.757. The zero-order valence-electron chi connectivity index (χ0n) is 6.20. The predicted octanol–water partition coefficient (Wildman–Crippen LogP) is 3.20. The van der Waals surface area contributed by atoms with Gasteiger partial charge < -0.3 is 8.78 Å². The number of rotatable bonds is 2. The molecule has 13 heavy (non-hydrogen) atoms. The third-order valence-corrected chi connectivity index (χ3v) is 1.37. The average molecular weight is 241 g/mol. The third-order valence-electron chi connectivity index (χ3n) is 1.37. The maximum Gasteiger partial charge on any atom is 1.00 e. The summed E-state index contributed by atoms with van der Waals surface area (Å²) in [7, 11) is 0. The van der Waals surface area contributed by atoms with Crippen LogP contribution in [0.4, 0.5) is 17.6 Å². The van der Waals surface area contributed by atoms with Gasteiger partial charge in [0.1, 0.15) is 0 Å². The molecule has 0 aromatic heterocycles. The van der Waals surface area contributed by atoms with Crippen LogP contribution in [-0.2, 0) is 23.0 Å². The molecule has 0 heterocycles. The van der Waals surface area contributed by atoms with Crippen molar-refractivity contribution in [1.82, 2.24) is 0 Å². The fraction of sp³-hybridized carbons (Fsp3) is 0.125. The van der Waals surface area contributed by atoms with Crippen LogP contribution >= 0.6 is 0 Å². The molecule has 0 bridgehead atoms. The minimum Gasteiger partial charge on any atom is -0.415 e. The second kappa shape index (κ2) is 4.63. The summed E-state index contributed by atoms with van der Waals surface area (Å²) in [5.41, 5.74) is -0.690. The van der Waals surface area contributed by atoms with E-state index in [1.807, 2.05) is 0 Å². The fourth-order valence-corrected chi connectivity index (χ4v) is 0.757. The number of hydrogen-bond donors (Lipinski definition) is 0. The number of halogens is 4. The van der Waals surface area contributed by atoms with Crippen LogP contribution in [0.1, 0.15) is 5.56 Å². The van der Waals surface area contributed by atoms with Gasteiger partial charge in [0, 0.05) is 0 Å². The summed E-state index contributed by atoms with van der Waals surface area (Å²) in [4.78, 5) is 0. The molecule has 1 aromatic carbocycles. The molecular weight excluding hydrogens is 236 g/mol. The van der Waals surface area contributed by atoms with Crippen molar-refractivity contribution < 1.29 is 34.6 Å². The van der Waals surface area contributed by atoms with Crippen molar-refractivity contribution in [3.63, 3.8) is 0 Å². The molecule has 0 N–H and O–H groups in total. The summed E-state index contributed by atoms with van der Waals surface area (Å²) in [5, 5.41) is 0. The Morgan fingerprint density at radius 1 is 1.00 bits per heavy atom. The van der Waals surface area contributed by atoms with Crippen LogP contribution in [0.3, 0.4) is 0 Å². The van der Waals surface area contributed by atoms with Gasteiger partial charge in [-0.05, 0) is 5.56 Å². The van der Waals surface area contributed by atoms with Gasteiger partial charge in [-0.3, -0.25) is 0 Å². The second-order valence-corrected chi connectivity index (χ2v) is 2.20. The van der Waals surface area contributed by atoms with Gasteiger partial charge in [-0.25, -0.2) is 8.78 Å². The number of benzene rings is 1. The van der Waals surface area contributed by atoms with E-state index in [1.54, 1.807) is 0 Å². The molecule has 0 saturated heterocycles. The molecule has 0 fully saturated rings. The normalized spacial score (nSPS) is 11.2. The Bertz CT molecular complexity index is 248. The van der Waals surface area contributed by atoms with Crippen molar-refractivity contribution in [2.45, 2.75) is 5.92 Å². The smallest absolute Gasteiger partial charge is 0.415 e. The molecule has 76 valence electrons. The molecule has 0 spiro atoms. The molecule has 0 nitrogen and oxygen atoms in total. The largest absolute Gasteiger partial charge is 1.00 e. The van der Waals surface area contributed by atoms with Gasteiger partial charge in [-0.2, -0.15) is 0 Å². The first-order valence-electron chi connectivity index (χ1n) is 3.17. The number of hydrogen-bond acceptors (Lipinski definition) is 0. The first kappa shape index (κ1) is 12.5. The van der Waals surface area contributed by atoms with Crippen molar-refractivity contribution in [2.24, 2.45) is 0 Å². The first-order chi connectivity index (χ1) is 5.55. The van der Waals surface area contributed by atoms with Gasteiger partial charge >= 0.3 is 17.1 Å². The van der Waals surface area contributed by atoms with E-state index in [2.05, 4.69) is 0 Å². The summed E-state index contributed by atoms with van der Waals surface area (Å²) >= 11 is 0. The molecule has 5 heteroatoms. The number of alkyl halides is 2. The Morgan fingerprint density at radius 2 is 1.46 bits per heavy atom. The topological polar surface area (TPSA) is 0 Å². The Hall–Kier alpha value is -0.541. The standard InChI is InChI=1S/C8H5F4.Cu/c9-7(10)8(11,12)6-4-2-1-3-5-6;/h1-5H;/q-1;+1. The molecule has 0 aliphatic heterocycles. The SMILES string of the molecule is F[C-](F)C(F)(F)c1ccccc1.[Cu+]. The predicted molar refractivity (Wildman–Crippen MR) is 35.8 cm³/mol. The van der Waals surface area contributed by atoms with Gasteiger partial charge in [0.05, 0.1) is 6.43 Å². The average Bonchev–Trinajstić information content (AvgIpc) is 2.06. The molecule has 0 radical (unpaired) electrons.